The van der Waals surface area contributed by atoms with E-state index >= 15 is 0 Å². The Balaban J connectivity index is -0.000000341. The first-order chi connectivity index (χ1) is 16.3. The third-order valence-corrected chi connectivity index (χ3v) is 3.45. The molecule has 0 saturated heterocycles. The SMILES string of the molecule is C.C.C.C.C.C.C=COCNCOCCOCC(COCCOCNCOC=C)OCCOCNCOC=C. The summed E-state index contributed by atoms with van der Waals surface area (Å²) in [6.07, 6.45) is 3.83. The van der Waals surface area contributed by atoms with E-state index in [1.807, 2.05) is 0 Å². The Morgan fingerprint density at radius 2 is 0.744 bits per heavy atom. The Morgan fingerprint density at radius 3 is 1.08 bits per heavy atom. The highest BCUT2D eigenvalue weighted by atomic mass is 16.6. The fourth-order valence-electron chi connectivity index (χ4n) is 1.99. The van der Waals surface area contributed by atoms with Crippen molar-refractivity contribution in [1.29, 1.82) is 0 Å². The molecule has 0 amide bonds. The maximum Gasteiger partial charge on any atom is 0.140 e. The van der Waals surface area contributed by atoms with Crippen molar-refractivity contribution < 1.29 is 42.6 Å². The van der Waals surface area contributed by atoms with Gasteiger partial charge in [-0.25, -0.2) is 0 Å². The fraction of sp³-hybridized carbons (Fsp3) is 0.778. The molecule has 0 heterocycles. The summed E-state index contributed by atoms with van der Waals surface area (Å²) in [7, 11) is 0. The molecule has 0 aliphatic carbocycles. The standard InChI is InChI=1S/C21H41N3O9.6CH4/c1-4-25-15-22-18-30-9-7-28-13-21(33-12-11-32-20-24-17-27-6-3)14-29-8-10-31-19-23-16-26-5-2;;;;;;/h4-6,21-24H,1-3,7-20H2;6*1H4. The van der Waals surface area contributed by atoms with E-state index in [1.165, 1.54) is 18.8 Å². The van der Waals surface area contributed by atoms with Gasteiger partial charge in [0, 0.05) is 0 Å². The van der Waals surface area contributed by atoms with Crippen LogP contribution >= 0.6 is 0 Å². The first-order valence-corrected chi connectivity index (χ1v) is 10.6. The van der Waals surface area contributed by atoms with Gasteiger partial charge in [0.15, 0.2) is 0 Å². The van der Waals surface area contributed by atoms with E-state index in [2.05, 4.69) is 35.7 Å². The number of nitrogens with one attached hydrogen (secondary N) is 3. The van der Waals surface area contributed by atoms with Gasteiger partial charge in [-0.3, -0.25) is 16.0 Å². The smallest absolute Gasteiger partial charge is 0.140 e. The molecule has 0 radical (unpaired) electrons. The molecule has 0 aromatic heterocycles. The van der Waals surface area contributed by atoms with Crippen LogP contribution in [0.25, 0.3) is 0 Å². The van der Waals surface area contributed by atoms with E-state index in [9.17, 15) is 0 Å². The molecule has 0 rings (SSSR count). The van der Waals surface area contributed by atoms with Gasteiger partial charge in [-0.2, -0.15) is 0 Å². The Hall–Kier alpha value is -1.74. The normalized spacial score (nSPS) is 9.15. The fourth-order valence-corrected chi connectivity index (χ4v) is 1.99. The number of hydrogen-bond donors (Lipinski definition) is 3. The molecule has 0 spiro atoms. The van der Waals surface area contributed by atoms with Gasteiger partial charge in [0.05, 0.1) is 91.8 Å². The molecule has 3 N–H and O–H groups in total. The van der Waals surface area contributed by atoms with E-state index in [0.717, 1.165) is 0 Å². The molecule has 0 atom stereocenters. The lowest BCUT2D eigenvalue weighted by atomic mass is 10.4. The van der Waals surface area contributed by atoms with Crippen molar-refractivity contribution in [2.75, 3.05) is 93.2 Å². The van der Waals surface area contributed by atoms with Gasteiger partial charge >= 0.3 is 0 Å². The van der Waals surface area contributed by atoms with E-state index in [4.69, 9.17) is 42.6 Å². The van der Waals surface area contributed by atoms with Crippen LogP contribution in [0.15, 0.2) is 38.5 Å². The maximum absolute atomic E-state index is 5.81. The summed E-state index contributed by atoms with van der Waals surface area (Å²) >= 11 is 0. The van der Waals surface area contributed by atoms with Gasteiger partial charge in [0.1, 0.15) is 26.3 Å². The molecule has 12 heteroatoms. The Kier molecular flexibility index (Phi) is 67.5. The van der Waals surface area contributed by atoms with Crippen molar-refractivity contribution >= 4 is 0 Å². The third kappa shape index (κ3) is 46.5. The Bertz CT molecular complexity index is 411. The molecule has 39 heavy (non-hydrogen) atoms. The molecule has 0 unspecified atom stereocenters. The molecule has 242 valence electrons. The monoisotopic (exact) mass is 575 g/mol. The van der Waals surface area contributed by atoms with E-state index in [0.29, 0.717) is 93.2 Å². The molecule has 0 bridgehead atoms. The van der Waals surface area contributed by atoms with Gasteiger partial charge in [-0.05, 0) is 0 Å². The Morgan fingerprint density at radius 1 is 0.436 bits per heavy atom. The number of ether oxygens (including phenoxy) is 9. The van der Waals surface area contributed by atoms with Crippen molar-refractivity contribution in [1.82, 2.24) is 16.0 Å². The minimum Gasteiger partial charge on any atom is -0.487 e. The lowest BCUT2D eigenvalue weighted by molar-refractivity contribution is -0.0854. The average Bonchev–Trinajstić information content (AvgIpc) is 2.83. The predicted octanol–water partition coefficient (Wildman–Crippen LogP) is 4.27. The van der Waals surface area contributed by atoms with Gasteiger partial charge in [0.25, 0.3) is 0 Å². The zero-order valence-electron chi connectivity index (χ0n) is 19.5. The lowest BCUT2D eigenvalue weighted by Crippen LogP contribution is -2.30. The number of rotatable bonds is 29. The van der Waals surface area contributed by atoms with Gasteiger partial charge in [0.2, 0.25) is 0 Å². The topological polar surface area (TPSA) is 119 Å². The largest absolute Gasteiger partial charge is 0.487 e. The molecule has 0 aliphatic heterocycles. The highest BCUT2D eigenvalue weighted by molar-refractivity contribution is 4.56. The lowest BCUT2D eigenvalue weighted by Gasteiger charge is -2.18. The average molecular weight is 576 g/mol. The van der Waals surface area contributed by atoms with Gasteiger partial charge in [-0.15, -0.1) is 0 Å². The molecule has 12 nitrogen and oxygen atoms in total. The van der Waals surface area contributed by atoms with Crippen molar-refractivity contribution in [3.05, 3.63) is 38.5 Å². The molecule has 0 aromatic rings. The van der Waals surface area contributed by atoms with E-state index in [1.54, 1.807) is 0 Å². The van der Waals surface area contributed by atoms with Crippen LogP contribution in [0.2, 0.25) is 0 Å². The zero-order chi connectivity index (χ0) is 24.1. The molecule has 0 aromatic carbocycles. The summed E-state index contributed by atoms with van der Waals surface area (Å²) in [5, 5.41) is 8.78. The first kappa shape index (κ1) is 53.5. The minimum absolute atomic E-state index is 0. The second-order valence-electron chi connectivity index (χ2n) is 5.98. The third-order valence-electron chi connectivity index (χ3n) is 3.45. The van der Waals surface area contributed by atoms with Crippen molar-refractivity contribution in [3.63, 3.8) is 0 Å². The minimum atomic E-state index is -0.246. The highest BCUT2D eigenvalue weighted by Gasteiger charge is 2.10. The summed E-state index contributed by atoms with van der Waals surface area (Å²) in [6.45, 7) is 15.7. The molecule has 0 aliphatic rings. The van der Waals surface area contributed by atoms with E-state index < -0.39 is 0 Å². The summed E-state index contributed by atoms with van der Waals surface area (Å²) in [5.41, 5.74) is 0. The van der Waals surface area contributed by atoms with Gasteiger partial charge in [-0.1, -0.05) is 64.3 Å². The quantitative estimate of drug-likeness (QED) is 0.0671. The van der Waals surface area contributed by atoms with Crippen LogP contribution in [0.4, 0.5) is 0 Å². The molecular weight excluding hydrogens is 510 g/mol. The predicted molar refractivity (Wildman–Crippen MR) is 162 cm³/mol. The van der Waals surface area contributed by atoms with E-state index in [-0.39, 0.29) is 50.7 Å². The molecule has 0 fully saturated rings. The van der Waals surface area contributed by atoms with Crippen LogP contribution in [0, 0.1) is 0 Å². The highest BCUT2D eigenvalue weighted by Crippen LogP contribution is 1.97. The summed E-state index contributed by atoms with van der Waals surface area (Å²) in [6, 6.07) is 0. The van der Waals surface area contributed by atoms with Crippen LogP contribution in [0.3, 0.4) is 0 Å². The maximum atomic E-state index is 5.81. The van der Waals surface area contributed by atoms with Crippen molar-refractivity contribution in [2.24, 2.45) is 0 Å². The van der Waals surface area contributed by atoms with Crippen molar-refractivity contribution in [3.8, 4) is 0 Å². The van der Waals surface area contributed by atoms with Crippen LogP contribution < -0.4 is 16.0 Å². The van der Waals surface area contributed by atoms with Gasteiger partial charge < -0.3 is 42.6 Å². The zero-order valence-corrected chi connectivity index (χ0v) is 19.5. The first-order valence-electron chi connectivity index (χ1n) is 10.6. The van der Waals surface area contributed by atoms with Crippen LogP contribution in [0.5, 0.6) is 0 Å². The summed E-state index contributed by atoms with van der Waals surface area (Å²) in [5.74, 6) is 0. The molecular formula is C27H65N3O9. The van der Waals surface area contributed by atoms with Crippen molar-refractivity contribution in [2.45, 2.75) is 50.7 Å². The summed E-state index contributed by atoms with van der Waals surface area (Å²) < 4.78 is 48.0. The Labute approximate surface area is 241 Å². The van der Waals surface area contributed by atoms with Crippen LogP contribution in [0.1, 0.15) is 44.6 Å². The second kappa shape index (κ2) is 49.2. The van der Waals surface area contributed by atoms with Crippen LogP contribution in [-0.4, -0.2) is 99.3 Å². The summed E-state index contributed by atoms with van der Waals surface area (Å²) in [4.78, 5) is 0. The number of hydrogen-bond acceptors (Lipinski definition) is 12. The second-order valence-corrected chi connectivity index (χ2v) is 5.98. The molecule has 0 saturated carbocycles. The van der Waals surface area contributed by atoms with Crippen LogP contribution in [-0.2, 0) is 42.6 Å².